The van der Waals surface area contributed by atoms with E-state index in [2.05, 4.69) is 22.5 Å². The average molecular weight is 427 g/mol. The average Bonchev–Trinajstić information content (AvgIpc) is 3.36. The number of carbonyl (C=O) groups is 2. The second kappa shape index (κ2) is 8.19. The zero-order chi connectivity index (χ0) is 22.1. The first-order chi connectivity index (χ1) is 15.6. The molecular formula is C25H21N3O4. The van der Waals surface area contributed by atoms with E-state index in [0.29, 0.717) is 0 Å². The fourth-order valence-corrected chi connectivity index (χ4v) is 4.31. The van der Waals surface area contributed by atoms with Gasteiger partial charge in [0.05, 0.1) is 18.3 Å². The zero-order valence-corrected chi connectivity index (χ0v) is 17.1. The summed E-state index contributed by atoms with van der Waals surface area (Å²) >= 11 is 0. The second-order valence-corrected chi connectivity index (χ2v) is 7.75. The third-order valence-corrected chi connectivity index (χ3v) is 5.84. The van der Waals surface area contributed by atoms with Crippen molar-refractivity contribution < 1.29 is 19.4 Å². The molecular weight excluding hydrogens is 406 g/mol. The molecule has 0 aliphatic heterocycles. The Bertz CT molecular complexity index is 1270. The van der Waals surface area contributed by atoms with E-state index in [1.165, 1.54) is 0 Å². The lowest BCUT2D eigenvalue weighted by atomic mass is 9.98. The Labute approximate surface area is 184 Å². The van der Waals surface area contributed by atoms with Gasteiger partial charge in [-0.2, -0.15) is 5.10 Å². The number of ether oxygens (including phenoxy) is 1. The predicted molar refractivity (Wildman–Crippen MR) is 119 cm³/mol. The number of rotatable bonds is 6. The van der Waals surface area contributed by atoms with Gasteiger partial charge in [0.25, 0.3) is 0 Å². The normalized spacial score (nSPS) is 13.4. The summed E-state index contributed by atoms with van der Waals surface area (Å²) in [6.45, 7) is 0.115. The molecule has 0 unspecified atom stereocenters. The van der Waals surface area contributed by atoms with Crippen molar-refractivity contribution in [1.82, 2.24) is 15.1 Å². The highest BCUT2D eigenvalue weighted by Crippen LogP contribution is 2.44. The second-order valence-electron chi connectivity index (χ2n) is 7.75. The van der Waals surface area contributed by atoms with Crippen LogP contribution in [0.5, 0.6) is 0 Å². The van der Waals surface area contributed by atoms with Crippen LogP contribution in [0.25, 0.3) is 22.0 Å². The Hall–Kier alpha value is -4.13. The molecule has 0 saturated heterocycles. The van der Waals surface area contributed by atoms with Gasteiger partial charge >= 0.3 is 12.1 Å². The van der Waals surface area contributed by atoms with Crippen LogP contribution >= 0.6 is 0 Å². The summed E-state index contributed by atoms with van der Waals surface area (Å²) in [5, 5.41) is 17.2. The van der Waals surface area contributed by atoms with E-state index in [-0.39, 0.29) is 19.1 Å². The molecule has 3 aromatic carbocycles. The Morgan fingerprint density at radius 2 is 1.59 bits per heavy atom. The van der Waals surface area contributed by atoms with Crippen molar-refractivity contribution in [2.75, 3.05) is 6.61 Å². The monoisotopic (exact) mass is 427 g/mol. The van der Waals surface area contributed by atoms with Gasteiger partial charge in [-0.3, -0.25) is 4.68 Å². The molecule has 7 nitrogen and oxygen atoms in total. The molecule has 0 saturated carbocycles. The van der Waals surface area contributed by atoms with Crippen molar-refractivity contribution in [3.63, 3.8) is 0 Å². The highest BCUT2D eigenvalue weighted by molar-refractivity contribution is 5.82. The van der Waals surface area contributed by atoms with Gasteiger partial charge in [0, 0.05) is 11.3 Å². The molecule has 5 rings (SSSR count). The molecule has 160 valence electrons. The Morgan fingerprint density at radius 3 is 2.28 bits per heavy atom. The highest BCUT2D eigenvalue weighted by Gasteiger charge is 2.30. The standard InChI is InChI=1S/C25H21N3O4/c29-24(30)22(14-28-23-12-6-1-7-16(23)13-26-28)27-25(31)32-15-21-19-10-4-2-8-17(19)18-9-3-5-11-20(18)21/h1-13,21-22H,14-15H2,(H,27,31)(H,29,30)/t22-/m0/s1. The fraction of sp³-hybridized carbons (Fsp3) is 0.160. The summed E-state index contributed by atoms with van der Waals surface area (Å²) in [6, 6.07) is 22.4. The summed E-state index contributed by atoms with van der Waals surface area (Å²) in [5.41, 5.74) is 5.25. The quantitative estimate of drug-likeness (QED) is 0.485. The number of hydrogen-bond acceptors (Lipinski definition) is 4. The van der Waals surface area contributed by atoms with Crippen molar-refractivity contribution >= 4 is 23.0 Å². The molecule has 0 fully saturated rings. The first-order valence-corrected chi connectivity index (χ1v) is 10.4. The highest BCUT2D eigenvalue weighted by atomic mass is 16.5. The summed E-state index contributed by atoms with van der Waals surface area (Å²) in [7, 11) is 0. The van der Waals surface area contributed by atoms with Crippen molar-refractivity contribution in [3.8, 4) is 11.1 Å². The van der Waals surface area contributed by atoms with E-state index >= 15 is 0 Å². The van der Waals surface area contributed by atoms with Crippen molar-refractivity contribution in [2.45, 2.75) is 18.5 Å². The molecule has 1 amide bonds. The molecule has 0 spiro atoms. The third kappa shape index (κ3) is 3.58. The summed E-state index contributed by atoms with van der Waals surface area (Å²) in [6.07, 6.45) is 0.900. The zero-order valence-electron chi connectivity index (χ0n) is 17.1. The number of nitrogens with zero attached hydrogens (tertiary/aromatic N) is 2. The first-order valence-electron chi connectivity index (χ1n) is 10.4. The number of carboxylic acids is 1. The lowest BCUT2D eigenvalue weighted by Crippen LogP contribution is -2.44. The maximum absolute atomic E-state index is 12.5. The van der Waals surface area contributed by atoms with Crippen LogP contribution < -0.4 is 5.32 Å². The molecule has 1 atom stereocenters. The van der Waals surface area contributed by atoms with Gasteiger partial charge in [-0.05, 0) is 28.3 Å². The van der Waals surface area contributed by atoms with Crippen LogP contribution in [0, 0.1) is 0 Å². The van der Waals surface area contributed by atoms with Crippen LogP contribution in [-0.2, 0) is 16.1 Å². The minimum Gasteiger partial charge on any atom is -0.480 e. The van der Waals surface area contributed by atoms with Crippen LogP contribution in [-0.4, -0.2) is 39.6 Å². The summed E-state index contributed by atoms with van der Waals surface area (Å²) < 4.78 is 7.05. The molecule has 2 N–H and O–H groups in total. The Balaban J connectivity index is 1.28. The number of para-hydroxylation sites is 1. The summed E-state index contributed by atoms with van der Waals surface area (Å²) in [4.78, 5) is 24.3. The molecule has 0 radical (unpaired) electrons. The van der Waals surface area contributed by atoms with Gasteiger partial charge in [-0.25, -0.2) is 9.59 Å². The van der Waals surface area contributed by atoms with Crippen molar-refractivity contribution in [3.05, 3.63) is 90.1 Å². The maximum atomic E-state index is 12.5. The molecule has 32 heavy (non-hydrogen) atoms. The first kappa shape index (κ1) is 19.8. The fourth-order valence-electron chi connectivity index (χ4n) is 4.31. The predicted octanol–water partition coefficient (Wildman–Crippen LogP) is 4.03. The number of benzene rings is 3. The van der Waals surface area contributed by atoms with Crippen molar-refractivity contribution in [1.29, 1.82) is 0 Å². The van der Waals surface area contributed by atoms with E-state index in [4.69, 9.17) is 4.74 Å². The van der Waals surface area contributed by atoms with Gasteiger partial charge in [-0.1, -0.05) is 66.7 Å². The number of nitrogens with one attached hydrogen (secondary N) is 1. The summed E-state index contributed by atoms with van der Waals surface area (Å²) in [5.74, 6) is -1.25. The molecule has 4 aromatic rings. The van der Waals surface area contributed by atoms with Crippen LogP contribution in [0.15, 0.2) is 79.0 Å². The maximum Gasteiger partial charge on any atom is 0.407 e. The van der Waals surface area contributed by atoms with Crippen LogP contribution in [0.1, 0.15) is 17.0 Å². The number of aliphatic carboxylic acids is 1. The topological polar surface area (TPSA) is 93.5 Å². The van der Waals surface area contributed by atoms with Crippen molar-refractivity contribution in [2.24, 2.45) is 0 Å². The lowest BCUT2D eigenvalue weighted by molar-refractivity contribution is -0.139. The SMILES string of the molecule is O=C(N[C@@H](Cn1ncc2ccccc21)C(=O)O)OCC1c2ccccc2-c2ccccc21. The van der Waals surface area contributed by atoms with Crippen LogP contribution in [0.2, 0.25) is 0 Å². The van der Waals surface area contributed by atoms with Gasteiger partial charge in [-0.15, -0.1) is 0 Å². The minimum atomic E-state index is -1.17. The number of amides is 1. The third-order valence-electron chi connectivity index (χ3n) is 5.84. The number of aromatic nitrogens is 2. The Kier molecular flexibility index (Phi) is 5.07. The number of carboxylic acid groups (broad SMARTS) is 1. The molecule has 0 bridgehead atoms. The number of alkyl carbamates (subject to hydrolysis) is 1. The van der Waals surface area contributed by atoms with Gasteiger partial charge in [0.2, 0.25) is 0 Å². The van der Waals surface area contributed by atoms with E-state index < -0.39 is 18.1 Å². The van der Waals surface area contributed by atoms with E-state index in [1.807, 2.05) is 60.7 Å². The Morgan fingerprint density at radius 1 is 0.969 bits per heavy atom. The van der Waals surface area contributed by atoms with Gasteiger partial charge in [0.15, 0.2) is 0 Å². The van der Waals surface area contributed by atoms with E-state index in [1.54, 1.807) is 10.9 Å². The van der Waals surface area contributed by atoms with Crippen LogP contribution in [0.3, 0.4) is 0 Å². The van der Waals surface area contributed by atoms with Gasteiger partial charge < -0.3 is 15.2 Å². The number of fused-ring (bicyclic) bond motifs is 4. The molecule has 7 heteroatoms. The van der Waals surface area contributed by atoms with E-state index in [0.717, 1.165) is 33.2 Å². The molecule has 1 aliphatic carbocycles. The lowest BCUT2D eigenvalue weighted by Gasteiger charge is -2.18. The molecule has 1 aromatic heterocycles. The minimum absolute atomic E-state index is 0.00690. The van der Waals surface area contributed by atoms with Gasteiger partial charge in [0.1, 0.15) is 12.6 Å². The largest absolute Gasteiger partial charge is 0.480 e. The molecule has 1 heterocycles. The van der Waals surface area contributed by atoms with E-state index in [9.17, 15) is 14.7 Å². The number of carbonyl (C=O) groups excluding carboxylic acids is 1. The smallest absolute Gasteiger partial charge is 0.407 e. The number of hydrogen-bond donors (Lipinski definition) is 2. The molecule has 1 aliphatic rings. The van der Waals surface area contributed by atoms with Crippen LogP contribution in [0.4, 0.5) is 4.79 Å².